The van der Waals surface area contributed by atoms with Crippen molar-refractivity contribution in [3.8, 4) is 23.1 Å². The Balaban J connectivity index is 1.29. The number of hydrogen-bond acceptors (Lipinski definition) is 4. The lowest BCUT2D eigenvalue weighted by atomic mass is 10.1. The van der Waals surface area contributed by atoms with Gasteiger partial charge in [-0.3, -0.25) is 8.97 Å². The van der Waals surface area contributed by atoms with Crippen molar-refractivity contribution in [2.45, 2.75) is 0 Å². The number of fused-ring (bicyclic) bond motifs is 9. The number of nitrogens with zero attached hydrogens (tertiary/aromatic N) is 4. The first-order chi connectivity index (χ1) is 18.8. The summed E-state index contributed by atoms with van der Waals surface area (Å²) in [6, 6.07) is 34.0. The molecule has 0 bridgehead atoms. The summed E-state index contributed by atoms with van der Waals surface area (Å²) < 4.78 is 10.4. The molecule has 0 atom stereocenters. The summed E-state index contributed by atoms with van der Waals surface area (Å²) in [7, 11) is 0. The number of para-hydroxylation sites is 2. The average molecular weight is 493 g/mol. The summed E-state index contributed by atoms with van der Waals surface area (Å²) in [4.78, 5) is 9.49. The van der Waals surface area contributed by atoms with E-state index in [1.54, 1.807) is 6.07 Å². The second kappa shape index (κ2) is 7.82. The van der Waals surface area contributed by atoms with Crippen LogP contribution in [0.4, 0.5) is 0 Å². The van der Waals surface area contributed by atoms with Gasteiger partial charge in [-0.15, -0.1) is 0 Å². The smallest absolute Gasteiger partial charge is 0.238 e. The molecular weight excluding hydrogens is 472 g/mol. The molecule has 180 valence electrons. The fraction of sp³-hybridized carbons (Fsp3) is 0. The fourth-order valence-corrected chi connectivity index (χ4v) is 5.54. The number of imidazole rings is 1. The van der Waals surface area contributed by atoms with Gasteiger partial charge in [0.25, 0.3) is 0 Å². The lowest BCUT2D eigenvalue weighted by Crippen LogP contribution is -1.96. The number of pyridine rings is 2. The van der Waals surface area contributed by atoms with E-state index in [2.05, 4.69) is 39.9 Å². The van der Waals surface area contributed by atoms with E-state index in [1.165, 1.54) is 0 Å². The van der Waals surface area contributed by atoms with Crippen LogP contribution in [-0.4, -0.2) is 24.0 Å². The van der Waals surface area contributed by atoms with Crippen LogP contribution < -0.4 is 4.74 Å². The van der Waals surface area contributed by atoms with Crippen molar-refractivity contribution in [1.82, 2.24) is 18.9 Å². The molecule has 8 aromatic rings. The van der Waals surface area contributed by atoms with Gasteiger partial charge >= 0.3 is 0 Å². The molecule has 0 aliphatic rings. The molecule has 0 aliphatic heterocycles. The Bertz CT molecular complexity index is 2140. The molecule has 8 rings (SSSR count). The van der Waals surface area contributed by atoms with E-state index in [9.17, 15) is 5.11 Å². The molecule has 0 saturated heterocycles. The van der Waals surface area contributed by atoms with Crippen LogP contribution in [-0.2, 0) is 0 Å². The van der Waals surface area contributed by atoms with Gasteiger partial charge in [-0.2, -0.15) is 4.98 Å². The van der Waals surface area contributed by atoms with Crippen LogP contribution in [0.3, 0.4) is 0 Å². The van der Waals surface area contributed by atoms with Gasteiger partial charge in [-0.25, -0.2) is 4.98 Å². The van der Waals surface area contributed by atoms with Crippen molar-refractivity contribution in [2.75, 3.05) is 0 Å². The summed E-state index contributed by atoms with van der Waals surface area (Å²) in [5, 5.41) is 15.7. The number of hydrogen-bond donors (Lipinski definition) is 1. The van der Waals surface area contributed by atoms with E-state index in [1.807, 2.05) is 83.5 Å². The van der Waals surface area contributed by atoms with Crippen LogP contribution in [0, 0.1) is 0 Å². The number of phenols is 1. The Kier molecular flexibility index (Phi) is 4.28. The van der Waals surface area contributed by atoms with E-state index in [4.69, 9.17) is 9.72 Å². The van der Waals surface area contributed by atoms with E-state index in [0.717, 1.165) is 43.9 Å². The summed E-state index contributed by atoms with van der Waals surface area (Å²) in [5.74, 6) is 1.30. The van der Waals surface area contributed by atoms with Crippen molar-refractivity contribution >= 4 is 49.3 Å². The number of ether oxygens (including phenoxy) is 1. The molecule has 0 amide bonds. The predicted octanol–water partition coefficient (Wildman–Crippen LogP) is 7.63. The molecule has 0 radical (unpaired) electrons. The second-order valence-electron chi connectivity index (χ2n) is 9.32. The van der Waals surface area contributed by atoms with Crippen molar-refractivity contribution < 1.29 is 9.84 Å². The highest BCUT2D eigenvalue weighted by molar-refractivity contribution is 6.14. The average Bonchev–Trinajstić information content (AvgIpc) is 3.53. The molecule has 1 N–H and O–H groups in total. The minimum absolute atomic E-state index is 0.191. The van der Waals surface area contributed by atoms with Crippen LogP contribution in [0.15, 0.2) is 116 Å². The lowest BCUT2D eigenvalue weighted by molar-refractivity contribution is 0.466. The van der Waals surface area contributed by atoms with Gasteiger partial charge in [0.15, 0.2) is 5.65 Å². The number of aromatic hydroxyl groups is 1. The standard InChI is InChI=1S/C32H20N4O2/c37-28-16-6-12-24-22-10-1-3-14-26(22)35-19-29(34-32(35)30(24)28)38-21-9-5-8-20(18-21)36-27-15-4-2-11-23(27)25-13-7-17-33-31(25)36/h1-19,37H. The quantitative estimate of drug-likeness (QED) is 0.258. The Morgan fingerprint density at radius 1 is 0.658 bits per heavy atom. The number of benzene rings is 4. The molecule has 0 fully saturated rings. The first-order valence-electron chi connectivity index (χ1n) is 12.4. The van der Waals surface area contributed by atoms with Crippen LogP contribution in [0.1, 0.15) is 0 Å². The van der Waals surface area contributed by atoms with Crippen molar-refractivity contribution in [1.29, 1.82) is 0 Å². The topological polar surface area (TPSA) is 64.6 Å². The van der Waals surface area contributed by atoms with Gasteiger partial charge in [-0.1, -0.05) is 54.6 Å². The van der Waals surface area contributed by atoms with E-state index < -0.39 is 0 Å². The number of aromatic nitrogens is 4. The first kappa shape index (κ1) is 20.8. The van der Waals surface area contributed by atoms with Crippen LogP contribution in [0.5, 0.6) is 17.4 Å². The van der Waals surface area contributed by atoms with Crippen molar-refractivity contribution in [3.05, 3.63) is 116 Å². The summed E-state index contributed by atoms with van der Waals surface area (Å²) in [5.41, 5.74) is 4.57. The SMILES string of the molecule is Oc1cccc2c3ccccc3n3cc(Oc4cccc(-n5c6ccccc6c6cccnc65)c4)nc3c12. The second-order valence-corrected chi connectivity index (χ2v) is 9.32. The van der Waals surface area contributed by atoms with E-state index in [0.29, 0.717) is 22.7 Å². The zero-order valence-corrected chi connectivity index (χ0v) is 20.1. The van der Waals surface area contributed by atoms with Crippen LogP contribution >= 0.6 is 0 Å². The number of phenolic OH excluding ortho intramolecular Hbond substituents is 1. The minimum Gasteiger partial charge on any atom is -0.507 e. The molecule has 6 nitrogen and oxygen atoms in total. The van der Waals surface area contributed by atoms with Gasteiger partial charge in [0.1, 0.15) is 17.1 Å². The highest BCUT2D eigenvalue weighted by Crippen LogP contribution is 2.37. The zero-order valence-electron chi connectivity index (χ0n) is 20.1. The molecule has 0 unspecified atom stereocenters. The van der Waals surface area contributed by atoms with Gasteiger partial charge in [0, 0.05) is 28.4 Å². The van der Waals surface area contributed by atoms with Gasteiger partial charge in [0.2, 0.25) is 5.88 Å². The molecule has 4 aromatic carbocycles. The Hall–Kier alpha value is -5.36. The fourth-order valence-electron chi connectivity index (χ4n) is 5.54. The molecule has 0 saturated carbocycles. The molecule has 6 heteroatoms. The maximum atomic E-state index is 10.7. The Morgan fingerprint density at radius 2 is 1.39 bits per heavy atom. The third-order valence-electron chi connectivity index (χ3n) is 7.14. The minimum atomic E-state index is 0.191. The molecule has 38 heavy (non-hydrogen) atoms. The predicted molar refractivity (Wildman–Crippen MR) is 151 cm³/mol. The molecule has 4 heterocycles. The van der Waals surface area contributed by atoms with Gasteiger partial charge in [0.05, 0.1) is 28.3 Å². The summed E-state index contributed by atoms with van der Waals surface area (Å²) in [6.07, 6.45) is 3.69. The van der Waals surface area contributed by atoms with E-state index >= 15 is 0 Å². The highest BCUT2D eigenvalue weighted by atomic mass is 16.5. The molecule has 0 aliphatic carbocycles. The maximum absolute atomic E-state index is 10.7. The summed E-state index contributed by atoms with van der Waals surface area (Å²) >= 11 is 0. The van der Waals surface area contributed by atoms with Crippen molar-refractivity contribution in [3.63, 3.8) is 0 Å². The zero-order chi connectivity index (χ0) is 25.2. The monoisotopic (exact) mass is 492 g/mol. The Morgan fingerprint density at radius 3 is 2.29 bits per heavy atom. The highest BCUT2D eigenvalue weighted by Gasteiger charge is 2.16. The van der Waals surface area contributed by atoms with Crippen LogP contribution in [0.25, 0.3) is 54.9 Å². The van der Waals surface area contributed by atoms with Gasteiger partial charge in [-0.05, 0) is 47.9 Å². The third-order valence-corrected chi connectivity index (χ3v) is 7.14. The van der Waals surface area contributed by atoms with Crippen molar-refractivity contribution in [2.24, 2.45) is 0 Å². The maximum Gasteiger partial charge on any atom is 0.238 e. The lowest BCUT2D eigenvalue weighted by Gasteiger charge is -2.09. The normalized spacial score (nSPS) is 11.8. The molecule has 4 aromatic heterocycles. The summed E-state index contributed by atoms with van der Waals surface area (Å²) in [6.45, 7) is 0. The number of rotatable bonds is 3. The third kappa shape index (κ3) is 2.94. The van der Waals surface area contributed by atoms with E-state index in [-0.39, 0.29) is 5.75 Å². The van der Waals surface area contributed by atoms with Crippen LogP contribution in [0.2, 0.25) is 0 Å². The molecule has 0 spiro atoms. The first-order valence-corrected chi connectivity index (χ1v) is 12.4. The molecular formula is C32H20N4O2. The Labute approximate surface area is 216 Å². The largest absolute Gasteiger partial charge is 0.507 e. The van der Waals surface area contributed by atoms with Gasteiger partial charge < -0.3 is 9.84 Å².